The number of nitrogens with one attached hydrogen (secondary N) is 1. The van der Waals surface area contributed by atoms with Crippen LogP contribution in [-0.4, -0.2) is 34.6 Å². The number of benzene rings is 1. The second-order valence-electron chi connectivity index (χ2n) is 4.22. The molecule has 0 aliphatic heterocycles. The molecule has 0 spiro atoms. The molecule has 2 aromatic rings. The summed E-state index contributed by atoms with van der Waals surface area (Å²) in [5, 5.41) is 29.9. The first-order valence-electron chi connectivity index (χ1n) is 6.05. The molecule has 1 heterocycles. The first kappa shape index (κ1) is 13.6. The lowest BCUT2D eigenvalue weighted by Gasteiger charge is -2.10. The van der Waals surface area contributed by atoms with Crippen molar-refractivity contribution < 1.29 is 19.7 Å². The van der Waals surface area contributed by atoms with Crippen LogP contribution in [0.3, 0.4) is 0 Å². The third-order valence-corrected chi connectivity index (χ3v) is 2.74. The van der Waals surface area contributed by atoms with Gasteiger partial charge < -0.3 is 25.1 Å². The van der Waals surface area contributed by atoms with Crippen LogP contribution in [-0.2, 0) is 6.61 Å². The third kappa shape index (κ3) is 3.57. The number of anilines is 1. The van der Waals surface area contributed by atoms with Gasteiger partial charge in [0, 0.05) is 17.8 Å². The molecule has 0 saturated carbocycles. The molecule has 5 nitrogen and oxygen atoms in total. The lowest BCUT2D eigenvalue weighted by Crippen LogP contribution is -2.22. The average Bonchev–Trinajstić information content (AvgIpc) is 2.94. The van der Waals surface area contributed by atoms with Crippen molar-refractivity contribution in [2.24, 2.45) is 0 Å². The highest BCUT2D eigenvalue weighted by Crippen LogP contribution is 2.23. The van der Waals surface area contributed by atoms with Crippen molar-refractivity contribution in [1.29, 1.82) is 0 Å². The summed E-state index contributed by atoms with van der Waals surface area (Å²) < 4.78 is 5.43. The van der Waals surface area contributed by atoms with E-state index in [9.17, 15) is 5.11 Å². The number of aliphatic hydroxyl groups excluding tert-OH is 3. The van der Waals surface area contributed by atoms with Crippen LogP contribution in [0.15, 0.2) is 40.8 Å². The largest absolute Gasteiger partial charge is 0.459 e. The fourth-order valence-corrected chi connectivity index (χ4v) is 1.67. The van der Waals surface area contributed by atoms with E-state index < -0.39 is 6.10 Å². The standard InChI is InChI=1S/C14H17NO4/c16-8-12(18)7-15-11-3-1-10(2-4-11)14-6-5-13(9-17)19-14/h1-6,12,15-18H,7-9H2. The van der Waals surface area contributed by atoms with Gasteiger partial charge in [0.15, 0.2) is 0 Å². The van der Waals surface area contributed by atoms with Crippen molar-refractivity contribution in [2.75, 3.05) is 18.5 Å². The zero-order chi connectivity index (χ0) is 13.7. The molecule has 0 radical (unpaired) electrons. The molecule has 0 fully saturated rings. The minimum absolute atomic E-state index is 0.112. The molecule has 5 heteroatoms. The Kier molecular flexibility index (Phi) is 4.57. The Balaban J connectivity index is 2.01. The van der Waals surface area contributed by atoms with E-state index in [-0.39, 0.29) is 13.2 Å². The summed E-state index contributed by atoms with van der Waals surface area (Å²) in [5.41, 5.74) is 1.76. The Morgan fingerprint density at radius 1 is 1.05 bits per heavy atom. The normalized spacial score (nSPS) is 12.4. The van der Waals surface area contributed by atoms with Crippen LogP contribution in [0.4, 0.5) is 5.69 Å². The second kappa shape index (κ2) is 6.38. The van der Waals surface area contributed by atoms with E-state index in [1.165, 1.54) is 0 Å². The summed E-state index contributed by atoms with van der Waals surface area (Å²) in [5.74, 6) is 1.23. The minimum Gasteiger partial charge on any atom is -0.459 e. The summed E-state index contributed by atoms with van der Waals surface area (Å²) in [6, 6.07) is 11.0. The number of furan rings is 1. The molecule has 1 unspecified atom stereocenters. The molecule has 1 aromatic carbocycles. The van der Waals surface area contributed by atoms with Crippen molar-refractivity contribution in [2.45, 2.75) is 12.7 Å². The van der Waals surface area contributed by atoms with Crippen LogP contribution < -0.4 is 5.32 Å². The number of hydrogen-bond donors (Lipinski definition) is 4. The van der Waals surface area contributed by atoms with E-state index in [1.54, 1.807) is 6.07 Å². The first-order valence-corrected chi connectivity index (χ1v) is 6.05. The van der Waals surface area contributed by atoms with Crippen molar-refractivity contribution >= 4 is 5.69 Å². The summed E-state index contributed by atoms with van der Waals surface area (Å²) in [6.07, 6.45) is -0.767. The van der Waals surface area contributed by atoms with E-state index in [0.29, 0.717) is 18.1 Å². The van der Waals surface area contributed by atoms with Crippen LogP contribution in [0.1, 0.15) is 5.76 Å². The highest BCUT2D eigenvalue weighted by Gasteiger charge is 2.05. The molecule has 0 aliphatic carbocycles. The highest BCUT2D eigenvalue weighted by molar-refractivity contribution is 5.61. The van der Waals surface area contributed by atoms with Crippen LogP contribution >= 0.6 is 0 Å². The molecule has 0 bridgehead atoms. The molecule has 4 N–H and O–H groups in total. The van der Waals surface area contributed by atoms with Crippen LogP contribution in [0, 0.1) is 0 Å². The van der Waals surface area contributed by atoms with Gasteiger partial charge in [-0.25, -0.2) is 0 Å². The number of aliphatic hydroxyl groups is 3. The molecular weight excluding hydrogens is 246 g/mol. The molecule has 1 atom stereocenters. The van der Waals surface area contributed by atoms with Gasteiger partial charge in [0.2, 0.25) is 0 Å². The summed E-state index contributed by atoms with van der Waals surface area (Å²) in [4.78, 5) is 0. The van der Waals surface area contributed by atoms with Crippen LogP contribution in [0.25, 0.3) is 11.3 Å². The van der Waals surface area contributed by atoms with E-state index in [1.807, 2.05) is 30.3 Å². The summed E-state index contributed by atoms with van der Waals surface area (Å²) in [6.45, 7) is -0.0780. The maximum atomic E-state index is 9.23. The monoisotopic (exact) mass is 263 g/mol. The maximum absolute atomic E-state index is 9.23. The Labute approximate surface area is 111 Å². The van der Waals surface area contributed by atoms with Gasteiger partial charge >= 0.3 is 0 Å². The van der Waals surface area contributed by atoms with Gasteiger partial charge in [0.1, 0.15) is 18.1 Å². The molecule has 1 aromatic heterocycles. The molecule has 0 saturated heterocycles. The highest BCUT2D eigenvalue weighted by atomic mass is 16.4. The second-order valence-corrected chi connectivity index (χ2v) is 4.22. The van der Waals surface area contributed by atoms with E-state index in [4.69, 9.17) is 14.6 Å². The maximum Gasteiger partial charge on any atom is 0.134 e. The Bertz CT molecular complexity index is 506. The van der Waals surface area contributed by atoms with Crippen molar-refractivity contribution in [3.05, 3.63) is 42.2 Å². The van der Waals surface area contributed by atoms with Gasteiger partial charge in [-0.3, -0.25) is 0 Å². The molecular formula is C14H17NO4. The quantitative estimate of drug-likeness (QED) is 0.629. The van der Waals surface area contributed by atoms with Crippen molar-refractivity contribution in [1.82, 2.24) is 0 Å². The van der Waals surface area contributed by atoms with Crippen LogP contribution in [0.2, 0.25) is 0 Å². The Morgan fingerprint density at radius 2 is 1.79 bits per heavy atom. The zero-order valence-corrected chi connectivity index (χ0v) is 10.4. The molecule has 102 valence electrons. The SMILES string of the molecule is OCc1ccc(-c2ccc(NCC(O)CO)cc2)o1. The third-order valence-electron chi connectivity index (χ3n) is 2.74. The Morgan fingerprint density at radius 3 is 2.37 bits per heavy atom. The Hall–Kier alpha value is -1.82. The molecule has 0 aliphatic rings. The van der Waals surface area contributed by atoms with E-state index in [2.05, 4.69) is 5.32 Å². The van der Waals surface area contributed by atoms with E-state index >= 15 is 0 Å². The fourth-order valence-electron chi connectivity index (χ4n) is 1.67. The topological polar surface area (TPSA) is 85.9 Å². The summed E-state index contributed by atoms with van der Waals surface area (Å²) >= 11 is 0. The first-order chi connectivity index (χ1) is 9.22. The predicted molar refractivity (Wildman–Crippen MR) is 71.6 cm³/mol. The van der Waals surface area contributed by atoms with Crippen LogP contribution in [0.5, 0.6) is 0 Å². The van der Waals surface area contributed by atoms with Gasteiger partial charge in [-0.15, -0.1) is 0 Å². The number of rotatable bonds is 6. The molecule has 19 heavy (non-hydrogen) atoms. The van der Waals surface area contributed by atoms with Crippen molar-refractivity contribution in [3.63, 3.8) is 0 Å². The fraction of sp³-hybridized carbons (Fsp3) is 0.286. The molecule has 2 rings (SSSR count). The van der Waals surface area contributed by atoms with Gasteiger partial charge in [-0.1, -0.05) is 0 Å². The predicted octanol–water partition coefficient (Wildman–Crippen LogP) is 1.20. The number of hydrogen-bond acceptors (Lipinski definition) is 5. The zero-order valence-electron chi connectivity index (χ0n) is 10.4. The van der Waals surface area contributed by atoms with Gasteiger partial charge in [0.05, 0.1) is 12.7 Å². The van der Waals surface area contributed by atoms with Gasteiger partial charge in [-0.05, 0) is 36.4 Å². The molecule has 0 amide bonds. The summed E-state index contributed by atoms with van der Waals surface area (Å²) in [7, 11) is 0. The van der Waals surface area contributed by atoms with Crippen molar-refractivity contribution in [3.8, 4) is 11.3 Å². The minimum atomic E-state index is -0.767. The smallest absolute Gasteiger partial charge is 0.134 e. The average molecular weight is 263 g/mol. The van der Waals surface area contributed by atoms with E-state index in [0.717, 1.165) is 11.3 Å². The van der Waals surface area contributed by atoms with Gasteiger partial charge in [0.25, 0.3) is 0 Å². The van der Waals surface area contributed by atoms with Gasteiger partial charge in [-0.2, -0.15) is 0 Å². The lowest BCUT2D eigenvalue weighted by atomic mass is 10.1. The lowest BCUT2D eigenvalue weighted by molar-refractivity contribution is 0.105.